The second kappa shape index (κ2) is 9.64. The van der Waals surface area contributed by atoms with Gasteiger partial charge in [0.05, 0.1) is 30.1 Å². The van der Waals surface area contributed by atoms with Crippen LogP contribution in [0.2, 0.25) is 0 Å². The van der Waals surface area contributed by atoms with Crippen LogP contribution in [0.3, 0.4) is 0 Å². The molecule has 11 heteroatoms. The highest BCUT2D eigenvalue weighted by Gasteiger charge is 2.71. The van der Waals surface area contributed by atoms with Gasteiger partial charge in [0, 0.05) is 5.70 Å². The van der Waals surface area contributed by atoms with Crippen LogP contribution in [0.4, 0.5) is 0 Å². The fourth-order valence-corrected chi connectivity index (χ4v) is 5.85. The fourth-order valence-electron chi connectivity index (χ4n) is 4.06. The van der Waals surface area contributed by atoms with Crippen molar-refractivity contribution >= 4 is 47.1 Å². The van der Waals surface area contributed by atoms with E-state index >= 15 is 0 Å². The summed E-state index contributed by atoms with van der Waals surface area (Å²) in [6, 6.07) is 7.29. The van der Waals surface area contributed by atoms with Gasteiger partial charge in [-0.2, -0.15) is 0 Å². The van der Waals surface area contributed by atoms with E-state index in [-0.39, 0.29) is 29.8 Å². The van der Waals surface area contributed by atoms with Gasteiger partial charge in [-0.1, -0.05) is 48.5 Å². The highest BCUT2D eigenvalue weighted by molar-refractivity contribution is 8.01. The lowest BCUT2D eigenvalue weighted by Gasteiger charge is -2.47. The van der Waals surface area contributed by atoms with E-state index in [9.17, 15) is 19.2 Å². The SMILES string of the molecule is C=C(CC(=O)OC)NC(C(=O)N[C@@]1(C(=O)OCCl)N2C(=O)C[C@H]2SC1(C)C)c1ccccc1. The van der Waals surface area contributed by atoms with Crippen LogP contribution in [0.1, 0.15) is 38.3 Å². The third kappa shape index (κ3) is 4.54. The molecule has 1 aromatic carbocycles. The number of carbonyl (C=O) groups excluding carboxylic acids is 4. The van der Waals surface area contributed by atoms with Crippen LogP contribution in [0, 0.1) is 0 Å². The van der Waals surface area contributed by atoms with Gasteiger partial charge in [0.1, 0.15) is 6.04 Å². The summed E-state index contributed by atoms with van der Waals surface area (Å²) in [6.45, 7) is 7.34. The van der Waals surface area contributed by atoms with Crippen LogP contribution < -0.4 is 10.6 Å². The van der Waals surface area contributed by atoms with Gasteiger partial charge in [-0.15, -0.1) is 11.8 Å². The van der Waals surface area contributed by atoms with E-state index < -0.39 is 40.4 Å². The number of hydrogen-bond acceptors (Lipinski definition) is 8. The van der Waals surface area contributed by atoms with Gasteiger partial charge >= 0.3 is 11.9 Å². The number of nitrogens with one attached hydrogen (secondary N) is 2. The van der Waals surface area contributed by atoms with Gasteiger partial charge in [-0.05, 0) is 19.4 Å². The minimum absolute atomic E-state index is 0.152. The van der Waals surface area contributed by atoms with Crippen molar-refractivity contribution in [1.82, 2.24) is 15.5 Å². The molecule has 2 aliphatic heterocycles. The molecule has 0 bridgehead atoms. The largest absolute Gasteiger partial charge is 0.469 e. The maximum atomic E-state index is 13.7. The third-order valence-corrected chi connectivity index (χ3v) is 7.33. The number of hydrogen-bond donors (Lipinski definition) is 2. The third-order valence-electron chi connectivity index (χ3n) is 5.68. The molecule has 3 atom stereocenters. The van der Waals surface area contributed by atoms with Crippen LogP contribution in [0.25, 0.3) is 0 Å². The molecular weight excluding hydrogens is 470 g/mol. The molecule has 33 heavy (non-hydrogen) atoms. The number of amides is 2. The Morgan fingerprint density at radius 2 is 1.97 bits per heavy atom. The number of methoxy groups -OCH3 is 1. The van der Waals surface area contributed by atoms with Gasteiger partial charge in [-0.25, -0.2) is 4.79 Å². The zero-order chi connectivity index (χ0) is 24.4. The van der Waals surface area contributed by atoms with Gasteiger partial charge in [0.2, 0.25) is 17.5 Å². The molecule has 1 unspecified atom stereocenters. The zero-order valence-corrected chi connectivity index (χ0v) is 20.1. The van der Waals surface area contributed by atoms with Gasteiger partial charge in [-0.3, -0.25) is 19.3 Å². The van der Waals surface area contributed by atoms with Crippen molar-refractivity contribution in [2.45, 2.75) is 48.5 Å². The molecule has 3 rings (SSSR count). The number of ether oxygens (including phenoxy) is 2. The van der Waals surface area contributed by atoms with Crippen LogP contribution in [0.15, 0.2) is 42.6 Å². The Kier molecular flexibility index (Phi) is 7.28. The monoisotopic (exact) mass is 495 g/mol. The molecule has 9 nitrogen and oxygen atoms in total. The van der Waals surface area contributed by atoms with Crippen molar-refractivity contribution in [1.29, 1.82) is 0 Å². The van der Waals surface area contributed by atoms with Crippen molar-refractivity contribution in [3.63, 3.8) is 0 Å². The number of esters is 2. The number of β-lactam (4-membered cyclic amide) rings is 1. The van der Waals surface area contributed by atoms with Crippen molar-refractivity contribution in [2.24, 2.45) is 0 Å². The topological polar surface area (TPSA) is 114 Å². The number of nitrogens with zero attached hydrogens (tertiary/aromatic N) is 1. The van der Waals surface area contributed by atoms with Crippen LogP contribution >= 0.6 is 23.4 Å². The lowest BCUT2D eigenvalue weighted by molar-refractivity contribution is -0.176. The Hall–Kier alpha value is -2.72. The maximum absolute atomic E-state index is 13.7. The van der Waals surface area contributed by atoms with Crippen molar-refractivity contribution in [2.75, 3.05) is 13.2 Å². The molecule has 2 fully saturated rings. The molecule has 0 aliphatic carbocycles. The van der Waals surface area contributed by atoms with E-state index in [1.54, 1.807) is 44.2 Å². The van der Waals surface area contributed by atoms with E-state index in [0.29, 0.717) is 5.56 Å². The smallest absolute Gasteiger partial charge is 0.355 e. The van der Waals surface area contributed by atoms with Crippen LogP contribution in [0.5, 0.6) is 0 Å². The summed E-state index contributed by atoms with van der Waals surface area (Å²) in [7, 11) is 1.25. The van der Waals surface area contributed by atoms with Crippen LogP contribution in [-0.2, 0) is 28.7 Å². The van der Waals surface area contributed by atoms with Crippen molar-refractivity contribution < 1.29 is 28.7 Å². The first-order chi connectivity index (χ1) is 15.6. The van der Waals surface area contributed by atoms with E-state index in [1.165, 1.54) is 23.8 Å². The van der Waals surface area contributed by atoms with E-state index in [1.807, 2.05) is 0 Å². The van der Waals surface area contributed by atoms with E-state index in [4.69, 9.17) is 16.3 Å². The predicted molar refractivity (Wildman–Crippen MR) is 123 cm³/mol. The van der Waals surface area contributed by atoms with Crippen molar-refractivity contribution in [3.8, 4) is 0 Å². The summed E-state index contributed by atoms with van der Waals surface area (Å²) in [4.78, 5) is 52.4. The first-order valence-electron chi connectivity index (χ1n) is 10.2. The maximum Gasteiger partial charge on any atom is 0.355 e. The lowest BCUT2D eigenvalue weighted by atomic mass is 9.89. The summed E-state index contributed by atoms with van der Waals surface area (Å²) < 4.78 is 8.86. The molecule has 2 N–H and O–H groups in total. The van der Waals surface area contributed by atoms with Crippen LogP contribution in [-0.4, -0.2) is 57.6 Å². The van der Waals surface area contributed by atoms with E-state index in [2.05, 4.69) is 21.9 Å². The second-order valence-corrected chi connectivity index (χ2v) is 10.2. The summed E-state index contributed by atoms with van der Waals surface area (Å²) in [5.74, 6) is -2.22. The minimum atomic E-state index is -1.76. The molecule has 0 saturated carbocycles. The molecular formula is C22H26ClN3O6S. The van der Waals surface area contributed by atoms with Gasteiger partial charge in [0.25, 0.3) is 0 Å². The summed E-state index contributed by atoms with van der Waals surface area (Å²) in [6.07, 6.45) is 0.108. The fraction of sp³-hybridized carbons (Fsp3) is 0.455. The number of benzene rings is 1. The molecule has 0 spiro atoms. The first kappa shape index (κ1) is 24.9. The Balaban J connectivity index is 1.97. The number of fused-ring (bicyclic) bond motifs is 1. The number of thioether (sulfide) groups is 1. The second-order valence-electron chi connectivity index (χ2n) is 8.14. The number of alkyl halides is 1. The normalized spacial score (nSPS) is 23.6. The molecule has 0 aromatic heterocycles. The molecule has 0 radical (unpaired) electrons. The molecule has 2 heterocycles. The van der Waals surface area contributed by atoms with Crippen molar-refractivity contribution in [3.05, 3.63) is 48.2 Å². The molecule has 1 aromatic rings. The quantitative estimate of drug-likeness (QED) is 0.304. The number of carbonyl (C=O) groups is 4. The predicted octanol–water partition coefficient (Wildman–Crippen LogP) is 2.03. The number of halogens is 1. The average molecular weight is 496 g/mol. The summed E-state index contributed by atoms with van der Waals surface area (Å²) in [5.41, 5.74) is -0.944. The highest BCUT2D eigenvalue weighted by Crippen LogP contribution is 2.56. The molecule has 2 saturated heterocycles. The average Bonchev–Trinajstić information content (AvgIpc) is 2.94. The Labute approximate surface area is 201 Å². The van der Waals surface area contributed by atoms with E-state index in [0.717, 1.165) is 0 Å². The highest BCUT2D eigenvalue weighted by atomic mass is 35.5. The summed E-state index contributed by atoms with van der Waals surface area (Å²) >= 11 is 7.07. The standard InChI is InChI=1S/C22H26ClN3O6S/c1-13(10-17(28)31-4)24-18(14-8-6-5-7-9-14)19(29)25-22(20(30)32-12-23)21(2,3)33-16-11-15(27)26(16)22/h5-9,16,18,24H,1,10-12H2,2-4H3,(H,25,29)/t16-,18?,22+/m1/s1. The Bertz CT molecular complexity index is 972. The summed E-state index contributed by atoms with van der Waals surface area (Å²) in [5, 5.41) is 5.47. The Morgan fingerprint density at radius 3 is 2.55 bits per heavy atom. The molecule has 2 aliphatic rings. The minimum Gasteiger partial charge on any atom is -0.469 e. The number of rotatable bonds is 9. The first-order valence-corrected chi connectivity index (χ1v) is 11.6. The molecule has 2 amide bonds. The zero-order valence-electron chi connectivity index (χ0n) is 18.6. The Morgan fingerprint density at radius 1 is 1.30 bits per heavy atom. The van der Waals surface area contributed by atoms with Gasteiger partial charge in [0.15, 0.2) is 6.07 Å². The lowest BCUT2D eigenvalue weighted by Crippen LogP contribution is -2.75. The van der Waals surface area contributed by atoms with Gasteiger partial charge < -0.3 is 20.1 Å². The molecule has 178 valence electrons.